The monoisotopic (exact) mass is 288 g/mol. The van der Waals surface area contributed by atoms with Crippen LogP contribution in [-0.2, 0) is 14.8 Å². The third-order valence-corrected chi connectivity index (χ3v) is 3.76. The van der Waals surface area contributed by atoms with E-state index < -0.39 is 27.0 Å². The molecule has 0 aliphatic carbocycles. The molecule has 1 atom stereocenters. The van der Waals surface area contributed by atoms with E-state index in [4.69, 9.17) is 5.11 Å². The van der Waals surface area contributed by atoms with Crippen molar-refractivity contribution in [3.05, 3.63) is 34.4 Å². The first-order chi connectivity index (χ1) is 8.72. The predicted molar refractivity (Wildman–Crippen MR) is 65.1 cm³/mol. The molecule has 0 saturated heterocycles. The standard InChI is InChI=1S/C10H12N2O6S/c1-7(5-10(13)14)11-19(17,18)9-4-2-3-8(6-9)12(15)16/h2-4,6-7,11H,5H2,1H3,(H,13,14). The molecule has 8 nitrogen and oxygen atoms in total. The van der Waals surface area contributed by atoms with Gasteiger partial charge in [0, 0.05) is 18.2 Å². The summed E-state index contributed by atoms with van der Waals surface area (Å²) in [5.41, 5.74) is -0.353. The summed E-state index contributed by atoms with van der Waals surface area (Å²) in [6, 6.07) is 3.70. The van der Waals surface area contributed by atoms with Crippen molar-refractivity contribution in [1.29, 1.82) is 0 Å². The number of carbonyl (C=O) groups is 1. The van der Waals surface area contributed by atoms with Crippen molar-refractivity contribution in [3.8, 4) is 0 Å². The highest BCUT2D eigenvalue weighted by molar-refractivity contribution is 7.89. The van der Waals surface area contributed by atoms with Gasteiger partial charge in [0.2, 0.25) is 10.0 Å². The van der Waals surface area contributed by atoms with Gasteiger partial charge in [0.15, 0.2) is 0 Å². The molecular formula is C10H12N2O6S. The molecule has 2 N–H and O–H groups in total. The first-order valence-corrected chi connectivity index (χ1v) is 6.69. The highest BCUT2D eigenvalue weighted by Gasteiger charge is 2.21. The van der Waals surface area contributed by atoms with Gasteiger partial charge in [0.25, 0.3) is 5.69 Å². The van der Waals surface area contributed by atoms with Crippen LogP contribution in [0.2, 0.25) is 0 Å². The Labute approximate surface area is 109 Å². The van der Waals surface area contributed by atoms with Crippen molar-refractivity contribution in [3.63, 3.8) is 0 Å². The molecule has 1 aromatic carbocycles. The van der Waals surface area contributed by atoms with Crippen molar-refractivity contribution in [2.24, 2.45) is 0 Å². The number of nitro benzene ring substituents is 1. The van der Waals surface area contributed by atoms with Crippen molar-refractivity contribution in [1.82, 2.24) is 4.72 Å². The van der Waals surface area contributed by atoms with Gasteiger partial charge in [-0.2, -0.15) is 0 Å². The SMILES string of the molecule is CC(CC(=O)O)NS(=O)(=O)c1cccc([N+](=O)[O-])c1. The Bertz CT molecular complexity index is 598. The Morgan fingerprint density at radius 1 is 1.53 bits per heavy atom. The molecule has 1 unspecified atom stereocenters. The molecule has 0 aliphatic heterocycles. The van der Waals surface area contributed by atoms with Crippen LogP contribution in [0.15, 0.2) is 29.2 Å². The molecule has 0 bridgehead atoms. The molecule has 0 amide bonds. The summed E-state index contributed by atoms with van der Waals surface area (Å²) < 4.78 is 25.9. The minimum Gasteiger partial charge on any atom is -0.481 e. The van der Waals surface area contributed by atoms with Gasteiger partial charge < -0.3 is 5.11 Å². The Hall–Kier alpha value is -2.00. The van der Waals surface area contributed by atoms with Gasteiger partial charge in [-0.3, -0.25) is 14.9 Å². The van der Waals surface area contributed by atoms with E-state index in [2.05, 4.69) is 4.72 Å². The van der Waals surface area contributed by atoms with E-state index in [1.165, 1.54) is 25.1 Å². The zero-order valence-corrected chi connectivity index (χ0v) is 10.8. The average molecular weight is 288 g/mol. The number of benzene rings is 1. The number of carboxylic acids is 1. The molecule has 9 heteroatoms. The van der Waals surface area contributed by atoms with Crippen molar-refractivity contribution in [2.45, 2.75) is 24.3 Å². The summed E-state index contributed by atoms with van der Waals surface area (Å²) in [5.74, 6) is -1.14. The highest BCUT2D eigenvalue weighted by atomic mass is 32.2. The molecule has 1 aromatic rings. The largest absolute Gasteiger partial charge is 0.481 e. The van der Waals surface area contributed by atoms with Crippen LogP contribution in [0.1, 0.15) is 13.3 Å². The van der Waals surface area contributed by atoms with E-state index in [0.717, 1.165) is 6.07 Å². The lowest BCUT2D eigenvalue weighted by Gasteiger charge is -2.11. The van der Waals surface area contributed by atoms with E-state index in [1.54, 1.807) is 0 Å². The minimum absolute atomic E-state index is 0.279. The summed E-state index contributed by atoms with van der Waals surface area (Å²) >= 11 is 0. The highest BCUT2D eigenvalue weighted by Crippen LogP contribution is 2.17. The molecular weight excluding hydrogens is 276 g/mol. The molecule has 0 aromatic heterocycles. The summed E-state index contributed by atoms with van der Waals surface area (Å²) in [7, 11) is -3.98. The number of non-ortho nitro benzene ring substituents is 1. The zero-order chi connectivity index (χ0) is 14.6. The van der Waals surface area contributed by atoms with Gasteiger partial charge in [0.1, 0.15) is 0 Å². The van der Waals surface area contributed by atoms with Gasteiger partial charge in [-0.15, -0.1) is 0 Å². The number of carboxylic acid groups (broad SMARTS) is 1. The van der Waals surface area contributed by atoms with Crippen LogP contribution in [0.25, 0.3) is 0 Å². The van der Waals surface area contributed by atoms with Crippen LogP contribution in [0, 0.1) is 10.1 Å². The first kappa shape index (κ1) is 15.1. The van der Waals surface area contributed by atoms with Crippen LogP contribution in [0.3, 0.4) is 0 Å². The summed E-state index contributed by atoms with van der Waals surface area (Å²) in [5, 5.41) is 19.1. The zero-order valence-electron chi connectivity index (χ0n) is 9.94. The summed E-state index contributed by atoms with van der Waals surface area (Å²) in [6.07, 6.45) is -0.381. The molecule has 0 radical (unpaired) electrons. The molecule has 104 valence electrons. The maximum absolute atomic E-state index is 11.9. The van der Waals surface area contributed by atoms with Crippen LogP contribution in [-0.4, -0.2) is 30.5 Å². The number of nitrogens with zero attached hydrogens (tertiary/aromatic N) is 1. The van der Waals surface area contributed by atoms with Gasteiger partial charge in [-0.25, -0.2) is 13.1 Å². The van der Waals surface area contributed by atoms with Crippen LogP contribution in [0.4, 0.5) is 5.69 Å². The Balaban J connectivity index is 2.97. The minimum atomic E-state index is -3.98. The van der Waals surface area contributed by atoms with Crippen molar-refractivity contribution in [2.75, 3.05) is 0 Å². The normalized spacial score (nSPS) is 12.9. The quantitative estimate of drug-likeness (QED) is 0.587. The fourth-order valence-corrected chi connectivity index (χ4v) is 2.68. The second-order valence-electron chi connectivity index (χ2n) is 3.87. The van der Waals surface area contributed by atoms with Crippen molar-refractivity contribution < 1.29 is 23.2 Å². The topological polar surface area (TPSA) is 127 Å². The Morgan fingerprint density at radius 2 is 2.16 bits per heavy atom. The molecule has 1 rings (SSSR count). The number of hydrogen-bond acceptors (Lipinski definition) is 5. The fraction of sp³-hybridized carbons (Fsp3) is 0.300. The van der Waals surface area contributed by atoms with E-state index >= 15 is 0 Å². The van der Waals surface area contributed by atoms with Gasteiger partial charge in [-0.05, 0) is 13.0 Å². The first-order valence-electron chi connectivity index (χ1n) is 5.21. The third kappa shape index (κ3) is 4.30. The molecule has 0 fully saturated rings. The number of nitro groups is 1. The van der Waals surface area contributed by atoms with Gasteiger partial charge in [0.05, 0.1) is 16.2 Å². The molecule has 0 heterocycles. The molecule has 0 saturated carbocycles. The number of aliphatic carboxylic acids is 1. The third-order valence-electron chi connectivity index (χ3n) is 2.18. The molecule has 0 spiro atoms. The lowest BCUT2D eigenvalue weighted by atomic mass is 10.3. The van der Waals surface area contributed by atoms with Crippen LogP contribution in [0.5, 0.6) is 0 Å². The van der Waals surface area contributed by atoms with E-state index in [-0.39, 0.29) is 17.0 Å². The molecule has 19 heavy (non-hydrogen) atoms. The van der Waals surface area contributed by atoms with E-state index in [0.29, 0.717) is 0 Å². The lowest BCUT2D eigenvalue weighted by Crippen LogP contribution is -2.34. The van der Waals surface area contributed by atoms with Crippen LogP contribution < -0.4 is 4.72 Å². The number of nitrogens with one attached hydrogen (secondary N) is 1. The average Bonchev–Trinajstić information content (AvgIpc) is 2.27. The fourth-order valence-electron chi connectivity index (χ4n) is 1.40. The summed E-state index contributed by atoms with van der Waals surface area (Å²) in [6.45, 7) is 1.39. The van der Waals surface area contributed by atoms with E-state index in [1.807, 2.05) is 0 Å². The van der Waals surface area contributed by atoms with Gasteiger partial charge >= 0.3 is 5.97 Å². The van der Waals surface area contributed by atoms with Crippen molar-refractivity contribution >= 4 is 21.7 Å². The van der Waals surface area contributed by atoms with Crippen LogP contribution >= 0.6 is 0 Å². The lowest BCUT2D eigenvalue weighted by molar-refractivity contribution is -0.385. The summed E-state index contributed by atoms with van der Waals surface area (Å²) in [4.78, 5) is 20.0. The predicted octanol–water partition coefficient (Wildman–Crippen LogP) is 0.736. The number of sulfonamides is 1. The maximum atomic E-state index is 11.9. The Kier molecular flexibility index (Phi) is 4.57. The second kappa shape index (κ2) is 5.76. The maximum Gasteiger partial charge on any atom is 0.304 e. The van der Waals surface area contributed by atoms with Gasteiger partial charge in [-0.1, -0.05) is 6.07 Å². The number of rotatable bonds is 6. The van der Waals surface area contributed by atoms with E-state index in [9.17, 15) is 23.3 Å². The second-order valence-corrected chi connectivity index (χ2v) is 5.59. The smallest absolute Gasteiger partial charge is 0.304 e. The Morgan fingerprint density at radius 3 is 2.68 bits per heavy atom. The number of hydrogen-bond donors (Lipinski definition) is 2. The molecule has 0 aliphatic rings.